The van der Waals surface area contributed by atoms with Gasteiger partial charge in [-0.05, 0) is 18.1 Å². The molecule has 0 aliphatic heterocycles. The predicted molar refractivity (Wildman–Crippen MR) is 81.1 cm³/mol. The van der Waals surface area contributed by atoms with Crippen molar-refractivity contribution in [1.82, 2.24) is 9.78 Å². The van der Waals surface area contributed by atoms with Crippen molar-refractivity contribution in [1.29, 1.82) is 0 Å². The van der Waals surface area contributed by atoms with Crippen LogP contribution in [0.5, 0.6) is 0 Å². The Morgan fingerprint density at radius 1 is 1.38 bits per heavy atom. The highest BCUT2D eigenvalue weighted by Crippen LogP contribution is 2.23. The van der Waals surface area contributed by atoms with Crippen LogP contribution in [0.1, 0.15) is 18.1 Å². The molecule has 0 bridgehead atoms. The largest absolute Gasteiger partial charge is 0.464 e. The molecule has 0 saturated heterocycles. The minimum atomic E-state index is -0.101. The van der Waals surface area contributed by atoms with E-state index in [4.69, 9.17) is 4.42 Å². The lowest BCUT2D eigenvalue weighted by molar-refractivity contribution is -0.115. The van der Waals surface area contributed by atoms with Crippen molar-refractivity contribution in [3.63, 3.8) is 0 Å². The molecule has 1 amide bonds. The fourth-order valence-electron chi connectivity index (χ4n) is 2.33. The summed E-state index contributed by atoms with van der Waals surface area (Å²) in [5.41, 5.74) is 2.94. The van der Waals surface area contributed by atoms with Gasteiger partial charge in [0.2, 0.25) is 5.91 Å². The molecule has 1 N–H and O–H groups in total. The van der Waals surface area contributed by atoms with E-state index in [1.807, 2.05) is 19.2 Å². The Morgan fingerprint density at radius 3 is 2.95 bits per heavy atom. The highest BCUT2D eigenvalue weighted by molar-refractivity contribution is 5.94. The number of benzene rings is 1. The van der Waals surface area contributed by atoms with Gasteiger partial charge in [0.1, 0.15) is 5.58 Å². The average molecular weight is 283 g/mol. The van der Waals surface area contributed by atoms with Crippen molar-refractivity contribution in [2.75, 3.05) is 5.32 Å². The third-order valence-electron chi connectivity index (χ3n) is 3.46. The molecule has 2 heterocycles. The molecule has 0 radical (unpaired) electrons. The first kappa shape index (κ1) is 13.4. The predicted octanol–water partition coefficient (Wildman–Crippen LogP) is 2.91. The number of carbonyl (C=O) groups excluding carboxylic acids is 1. The van der Waals surface area contributed by atoms with E-state index in [9.17, 15) is 4.79 Å². The molecule has 0 fully saturated rings. The summed E-state index contributed by atoms with van der Waals surface area (Å²) >= 11 is 0. The smallest absolute Gasteiger partial charge is 0.230 e. The van der Waals surface area contributed by atoms with Gasteiger partial charge in [0.25, 0.3) is 0 Å². The van der Waals surface area contributed by atoms with Gasteiger partial charge in [0, 0.05) is 30.3 Å². The first-order chi connectivity index (χ1) is 10.2. The molecule has 1 aromatic carbocycles. The molecule has 0 spiro atoms. The van der Waals surface area contributed by atoms with Crippen LogP contribution in [0.15, 0.2) is 41.1 Å². The van der Waals surface area contributed by atoms with E-state index in [1.54, 1.807) is 23.2 Å². The third-order valence-corrected chi connectivity index (χ3v) is 3.46. The number of anilines is 1. The molecule has 5 heteroatoms. The quantitative estimate of drug-likeness (QED) is 0.801. The first-order valence-electron chi connectivity index (χ1n) is 6.94. The van der Waals surface area contributed by atoms with Gasteiger partial charge in [-0.1, -0.05) is 19.1 Å². The summed E-state index contributed by atoms with van der Waals surface area (Å²) in [5.74, 6) is 0.458. The lowest BCUT2D eigenvalue weighted by Gasteiger charge is -2.01. The summed E-state index contributed by atoms with van der Waals surface area (Å²) in [4.78, 5) is 12.1. The Bertz CT molecular complexity index is 786. The zero-order chi connectivity index (χ0) is 14.8. The topological polar surface area (TPSA) is 60.1 Å². The van der Waals surface area contributed by atoms with Crippen molar-refractivity contribution in [3.8, 4) is 0 Å². The van der Waals surface area contributed by atoms with Crippen molar-refractivity contribution in [2.24, 2.45) is 7.05 Å². The highest BCUT2D eigenvalue weighted by Gasteiger charge is 2.11. The minimum absolute atomic E-state index is 0.101. The molecule has 0 saturated carbocycles. The lowest BCUT2D eigenvalue weighted by atomic mass is 10.1. The van der Waals surface area contributed by atoms with E-state index in [-0.39, 0.29) is 12.3 Å². The molecule has 0 unspecified atom stereocenters. The average Bonchev–Trinajstić information content (AvgIpc) is 3.05. The maximum Gasteiger partial charge on any atom is 0.230 e. The zero-order valence-electron chi connectivity index (χ0n) is 12.1. The monoisotopic (exact) mass is 283 g/mol. The van der Waals surface area contributed by atoms with Crippen LogP contribution in [0.3, 0.4) is 0 Å². The Morgan fingerprint density at radius 2 is 2.24 bits per heavy atom. The van der Waals surface area contributed by atoms with Crippen LogP contribution < -0.4 is 5.32 Å². The van der Waals surface area contributed by atoms with Crippen molar-refractivity contribution in [2.45, 2.75) is 19.8 Å². The number of fused-ring (bicyclic) bond motifs is 1. The van der Waals surface area contributed by atoms with Gasteiger partial charge < -0.3 is 9.73 Å². The van der Waals surface area contributed by atoms with Crippen LogP contribution in [0, 0.1) is 0 Å². The van der Waals surface area contributed by atoms with Gasteiger partial charge in [0.15, 0.2) is 5.82 Å². The number of aryl methyl sites for hydroxylation is 2. The van der Waals surface area contributed by atoms with E-state index >= 15 is 0 Å². The van der Waals surface area contributed by atoms with E-state index in [0.717, 1.165) is 23.0 Å². The van der Waals surface area contributed by atoms with Crippen molar-refractivity contribution < 1.29 is 9.21 Å². The molecule has 21 heavy (non-hydrogen) atoms. The Balaban J connectivity index is 1.76. The van der Waals surface area contributed by atoms with Crippen LogP contribution in [0.25, 0.3) is 11.0 Å². The SMILES string of the molecule is CCc1ccc2c(CC(=O)Nc3ccn(C)n3)coc2c1. The Kier molecular flexibility index (Phi) is 3.48. The van der Waals surface area contributed by atoms with E-state index in [0.29, 0.717) is 5.82 Å². The van der Waals surface area contributed by atoms with Gasteiger partial charge in [-0.15, -0.1) is 0 Å². The summed E-state index contributed by atoms with van der Waals surface area (Å²) in [6, 6.07) is 7.87. The standard InChI is InChI=1S/C16H17N3O2/c1-3-11-4-5-13-12(10-21-14(13)8-11)9-16(20)17-15-6-7-19(2)18-15/h4-8,10H,3,9H2,1-2H3,(H,17,18,20). The molecule has 5 nitrogen and oxygen atoms in total. The van der Waals surface area contributed by atoms with Crippen LogP contribution in [-0.4, -0.2) is 15.7 Å². The molecule has 2 aromatic heterocycles. The maximum atomic E-state index is 12.1. The molecular formula is C16H17N3O2. The van der Waals surface area contributed by atoms with E-state index < -0.39 is 0 Å². The number of aromatic nitrogens is 2. The fourth-order valence-corrected chi connectivity index (χ4v) is 2.33. The number of carbonyl (C=O) groups is 1. The molecule has 0 aliphatic rings. The number of nitrogens with one attached hydrogen (secondary N) is 1. The second kappa shape index (κ2) is 5.44. The van der Waals surface area contributed by atoms with Gasteiger partial charge in [-0.2, -0.15) is 5.10 Å². The van der Waals surface area contributed by atoms with Crippen molar-refractivity contribution >= 4 is 22.7 Å². The lowest BCUT2D eigenvalue weighted by Crippen LogP contribution is -2.14. The van der Waals surface area contributed by atoms with Gasteiger partial charge >= 0.3 is 0 Å². The van der Waals surface area contributed by atoms with Crippen molar-refractivity contribution in [3.05, 3.63) is 47.9 Å². The fraction of sp³-hybridized carbons (Fsp3) is 0.250. The molecule has 3 aromatic rings. The van der Waals surface area contributed by atoms with E-state index in [2.05, 4.69) is 23.4 Å². The van der Waals surface area contributed by atoms with Gasteiger partial charge in [-0.25, -0.2) is 0 Å². The van der Waals surface area contributed by atoms with Gasteiger partial charge in [-0.3, -0.25) is 9.48 Å². The van der Waals surface area contributed by atoms with Crippen LogP contribution in [0.2, 0.25) is 0 Å². The molecule has 108 valence electrons. The first-order valence-corrected chi connectivity index (χ1v) is 6.94. The normalized spacial score (nSPS) is 11.0. The number of hydrogen-bond donors (Lipinski definition) is 1. The zero-order valence-corrected chi connectivity index (χ0v) is 12.1. The second-order valence-electron chi connectivity index (χ2n) is 5.04. The summed E-state index contributed by atoms with van der Waals surface area (Å²) in [6.45, 7) is 2.10. The summed E-state index contributed by atoms with van der Waals surface area (Å²) in [6.07, 6.45) is 4.68. The third kappa shape index (κ3) is 2.81. The number of hydrogen-bond acceptors (Lipinski definition) is 3. The molecular weight excluding hydrogens is 266 g/mol. The summed E-state index contributed by atoms with van der Waals surface area (Å²) < 4.78 is 7.19. The van der Waals surface area contributed by atoms with Crippen LogP contribution >= 0.6 is 0 Å². The van der Waals surface area contributed by atoms with Gasteiger partial charge in [0.05, 0.1) is 12.7 Å². The number of nitrogens with zero attached hydrogens (tertiary/aromatic N) is 2. The Labute approximate surface area is 122 Å². The molecule has 0 atom stereocenters. The van der Waals surface area contributed by atoms with E-state index in [1.165, 1.54) is 5.56 Å². The van der Waals surface area contributed by atoms with Crippen LogP contribution in [-0.2, 0) is 24.7 Å². The number of furan rings is 1. The molecule has 0 aliphatic carbocycles. The summed E-state index contributed by atoms with van der Waals surface area (Å²) in [5, 5.41) is 7.89. The summed E-state index contributed by atoms with van der Waals surface area (Å²) in [7, 11) is 1.81. The maximum absolute atomic E-state index is 12.1. The van der Waals surface area contributed by atoms with Crippen LogP contribution in [0.4, 0.5) is 5.82 Å². The Hall–Kier alpha value is -2.56. The second-order valence-corrected chi connectivity index (χ2v) is 5.04. The minimum Gasteiger partial charge on any atom is -0.464 e. The molecule has 3 rings (SSSR count). The highest BCUT2D eigenvalue weighted by atomic mass is 16.3. The number of amides is 1. The number of rotatable bonds is 4.